The standard InChI is InChI=1S/C10H16N4O.ClH/c1-8-9(7-13(2)12-8)10(15)14-5-3-11-4-6-14;/h7,11H,3-6H2,1-2H3;1H. The minimum Gasteiger partial charge on any atom is -0.336 e. The van der Waals surface area contributed by atoms with Gasteiger partial charge in [-0.15, -0.1) is 12.4 Å². The fourth-order valence-corrected chi connectivity index (χ4v) is 1.85. The molecule has 0 radical (unpaired) electrons. The topological polar surface area (TPSA) is 50.2 Å². The number of nitrogens with zero attached hydrogens (tertiary/aromatic N) is 3. The van der Waals surface area contributed by atoms with Crippen molar-refractivity contribution in [2.45, 2.75) is 6.92 Å². The van der Waals surface area contributed by atoms with E-state index in [9.17, 15) is 4.79 Å². The monoisotopic (exact) mass is 244 g/mol. The number of piperazine rings is 1. The van der Waals surface area contributed by atoms with Crippen LogP contribution in [0.4, 0.5) is 0 Å². The number of rotatable bonds is 1. The van der Waals surface area contributed by atoms with E-state index >= 15 is 0 Å². The van der Waals surface area contributed by atoms with Crippen LogP contribution in [0.3, 0.4) is 0 Å². The van der Waals surface area contributed by atoms with Crippen LogP contribution in [0.15, 0.2) is 6.20 Å². The predicted molar refractivity (Wildman–Crippen MR) is 64.0 cm³/mol. The van der Waals surface area contributed by atoms with Crippen LogP contribution in [0.25, 0.3) is 0 Å². The van der Waals surface area contributed by atoms with Gasteiger partial charge in [-0.2, -0.15) is 5.10 Å². The highest BCUT2D eigenvalue weighted by molar-refractivity contribution is 5.95. The zero-order valence-electron chi connectivity index (χ0n) is 9.56. The molecule has 2 heterocycles. The maximum Gasteiger partial charge on any atom is 0.257 e. The molecule has 0 atom stereocenters. The Morgan fingerprint density at radius 1 is 1.44 bits per heavy atom. The highest BCUT2D eigenvalue weighted by Gasteiger charge is 2.20. The van der Waals surface area contributed by atoms with Crippen LogP contribution in [-0.2, 0) is 7.05 Å². The minimum atomic E-state index is 0. The van der Waals surface area contributed by atoms with Gasteiger partial charge in [-0.3, -0.25) is 9.48 Å². The van der Waals surface area contributed by atoms with Gasteiger partial charge in [0, 0.05) is 39.4 Å². The summed E-state index contributed by atoms with van der Waals surface area (Å²) < 4.78 is 1.69. The van der Waals surface area contributed by atoms with Crippen LogP contribution in [0.5, 0.6) is 0 Å². The molecule has 1 aromatic rings. The third-order valence-electron chi connectivity index (χ3n) is 2.65. The summed E-state index contributed by atoms with van der Waals surface area (Å²) in [4.78, 5) is 14.0. The summed E-state index contributed by atoms with van der Waals surface area (Å²) in [5, 5.41) is 7.41. The van der Waals surface area contributed by atoms with E-state index in [2.05, 4.69) is 10.4 Å². The molecule has 0 bridgehead atoms. The first-order valence-electron chi connectivity index (χ1n) is 5.18. The van der Waals surface area contributed by atoms with Gasteiger partial charge in [0.05, 0.1) is 11.3 Å². The summed E-state index contributed by atoms with van der Waals surface area (Å²) in [7, 11) is 1.83. The number of nitrogens with one attached hydrogen (secondary N) is 1. The number of amides is 1. The smallest absolute Gasteiger partial charge is 0.257 e. The van der Waals surface area contributed by atoms with Gasteiger partial charge < -0.3 is 10.2 Å². The Balaban J connectivity index is 0.00000128. The van der Waals surface area contributed by atoms with Crippen molar-refractivity contribution in [3.63, 3.8) is 0 Å². The number of aromatic nitrogens is 2. The van der Waals surface area contributed by atoms with Crippen LogP contribution in [-0.4, -0.2) is 46.8 Å². The summed E-state index contributed by atoms with van der Waals surface area (Å²) in [6.07, 6.45) is 1.79. The molecule has 2 rings (SSSR count). The Morgan fingerprint density at radius 3 is 2.56 bits per heavy atom. The fourth-order valence-electron chi connectivity index (χ4n) is 1.85. The van der Waals surface area contributed by atoms with Gasteiger partial charge in [0.2, 0.25) is 0 Å². The highest BCUT2D eigenvalue weighted by atomic mass is 35.5. The number of hydrogen-bond acceptors (Lipinski definition) is 3. The van der Waals surface area contributed by atoms with Crippen molar-refractivity contribution in [1.82, 2.24) is 20.0 Å². The third-order valence-corrected chi connectivity index (χ3v) is 2.65. The van der Waals surface area contributed by atoms with E-state index in [1.54, 1.807) is 10.9 Å². The Kier molecular flexibility index (Phi) is 4.32. The molecule has 90 valence electrons. The fraction of sp³-hybridized carbons (Fsp3) is 0.600. The second-order valence-corrected chi connectivity index (χ2v) is 3.84. The summed E-state index contributed by atoms with van der Waals surface area (Å²) in [6, 6.07) is 0. The molecule has 1 saturated heterocycles. The molecule has 6 heteroatoms. The lowest BCUT2D eigenvalue weighted by molar-refractivity contribution is 0.0735. The van der Waals surface area contributed by atoms with Crippen molar-refractivity contribution < 1.29 is 4.79 Å². The molecule has 0 spiro atoms. The molecule has 1 amide bonds. The lowest BCUT2D eigenvalue weighted by Crippen LogP contribution is -2.46. The van der Waals surface area contributed by atoms with Gasteiger partial charge in [0.15, 0.2) is 0 Å². The summed E-state index contributed by atoms with van der Waals surface area (Å²) >= 11 is 0. The molecule has 1 aliphatic heterocycles. The Morgan fingerprint density at radius 2 is 2.06 bits per heavy atom. The van der Waals surface area contributed by atoms with E-state index in [-0.39, 0.29) is 18.3 Å². The molecule has 1 fully saturated rings. The first kappa shape index (κ1) is 13.0. The van der Waals surface area contributed by atoms with Gasteiger partial charge in [0.25, 0.3) is 5.91 Å². The van der Waals surface area contributed by atoms with Crippen LogP contribution in [0.1, 0.15) is 16.1 Å². The van der Waals surface area contributed by atoms with Crippen molar-refractivity contribution in [3.05, 3.63) is 17.5 Å². The molecule has 1 aliphatic rings. The second-order valence-electron chi connectivity index (χ2n) is 3.84. The first-order chi connectivity index (χ1) is 7.18. The molecule has 1 aromatic heterocycles. The number of halogens is 1. The molecule has 0 unspecified atom stereocenters. The maximum absolute atomic E-state index is 12.1. The van der Waals surface area contributed by atoms with E-state index in [4.69, 9.17) is 0 Å². The molecule has 5 nitrogen and oxygen atoms in total. The SMILES string of the molecule is Cc1nn(C)cc1C(=O)N1CCNCC1.Cl. The minimum absolute atomic E-state index is 0. The van der Waals surface area contributed by atoms with E-state index < -0.39 is 0 Å². The third kappa shape index (κ3) is 2.54. The molecule has 0 aliphatic carbocycles. The maximum atomic E-state index is 12.1. The second kappa shape index (κ2) is 5.32. The van der Waals surface area contributed by atoms with E-state index in [1.807, 2.05) is 18.9 Å². The van der Waals surface area contributed by atoms with E-state index in [0.29, 0.717) is 0 Å². The molecule has 1 N–H and O–H groups in total. The predicted octanol–water partition coefficient (Wildman–Crippen LogP) is 0.196. The van der Waals surface area contributed by atoms with Gasteiger partial charge in [-0.1, -0.05) is 0 Å². The lowest BCUT2D eigenvalue weighted by Gasteiger charge is -2.27. The quantitative estimate of drug-likeness (QED) is 0.768. The normalized spacial score (nSPS) is 15.8. The van der Waals surface area contributed by atoms with E-state index in [1.165, 1.54) is 0 Å². The van der Waals surface area contributed by atoms with Crippen molar-refractivity contribution in [2.75, 3.05) is 26.2 Å². The van der Waals surface area contributed by atoms with Crippen molar-refractivity contribution in [1.29, 1.82) is 0 Å². The molecular weight excluding hydrogens is 228 g/mol. The van der Waals surface area contributed by atoms with Gasteiger partial charge in [0.1, 0.15) is 0 Å². The van der Waals surface area contributed by atoms with Crippen LogP contribution < -0.4 is 5.32 Å². The highest BCUT2D eigenvalue weighted by Crippen LogP contribution is 2.09. The molecule has 0 aromatic carbocycles. The Labute approximate surface area is 101 Å². The van der Waals surface area contributed by atoms with Gasteiger partial charge in [-0.05, 0) is 6.92 Å². The zero-order valence-corrected chi connectivity index (χ0v) is 10.4. The van der Waals surface area contributed by atoms with Crippen LogP contribution >= 0.6 is 12.4 Å². The summed E-state index contributed by atoms with van der Waals surface area (Å²) in [6.45, 7) is 5.20. The summed E-state index contributed by atoms with van der Waals surface area (Å²) in [5.74, 6) is 0.0992. The van der Waals surface area contributed by atoms with Crippen molar-refractivity contribution in [2.24, 2.45) is 7.05 Å². The lowest BCUT2D eigenvalue weighted by atomic mass is 10.2. The van der Waals surface area contributed by atoms with Gasteiger partial charge in [-0.25, -0.2) is 0 Å². The number of hydrogen-bond donors (Lipinski definition) is 1. The molecule has 16 heavy (non-hydrogen) atoms. The summed E-state index contributed by atoms with van der Waals surface area (Å²) in [5.41, 5.74) is 1.53. The largest absolute Gasteiger partial charge is 0.336 e. The number of aryl methyl sites for hydroxylation is 2. The van der Waals surface area contributed by atoms with Crippen molar-refractivity contribution >= 4 is 18.3 Å². The van der Waals surface area contributed by atoms with Gasteiger partial charge >= 0.3 is 0 Å². The number of carbonyl (C=O) groups is 1. The Hall–Kier alpha value is -1.07. The average Bonchev–Trinajstić information content (AvgIpc) is 2.58. The van der Waals surface area contributed by atoms with Crippen molar-refractivity contribution in [3.8, 4) is 0 Å². The zero-order chi connectivity index (χ0) is 10.8. The van der Waals surface area contributed by atoms with Crippen LogP contribution in [0.2, 0.25) is 0 Å². The molecular formula is C10H17ClN4O. The molecule has 0 saturated carbocycles. The average molecular weight is 245 g/mol. The van der Waals surface area contributed by atoms with Crippen LogP contribution in [0, 0.1) is 6.92 Å². The first-order valence-corrected chi connectivity index (χ1v) is 5.18. The van der Waals surface area contributed by atoms with E-state index in [0.717, 1.165) is 37.4 Å². The number of carbonyl (C=O) groups excluding carboxylic acids is 1. The Bertz CT molecular complexity index is 371.